The minimum atomic E-state index is -1.33. The average Bonchev–Trinajstić information content (AvgIpc) is 2.90. The lowest BCUT2D eigenvalue weighted by Gasteiger charge is -2.45. The Morgan fingerprint density at radius 1 is 1.05 bits per heavy atom. The molecule has 0 fully saturated rings. The summed E-state index contributed by atoms with van der Waals surface area (Å²) in [5, 5.41) is 21.7. The van der Waals surface area contributed by atoms with E-state index in [1.165, 1.54) is 0 Å². The van der Waals surface area contributed by atoms with Crippen LogP contribution in [0.5, 0.6) is 0 Å². The van der Waals surface area contributed by atoms with Crippen molar-refractivity contribution < 1.29 is 29.3 Å². The third-order valence-corrected chi connectivity index (χ3v) is 8.39. The molecule has 0 spiro atoms. The SMILES string of the molecule is C=C(C)[C@@H](CC=C(C)C)C[C@]1(CC=C(C)C)C(=O)C([C@@H](CC(=O)O)c2ccccc2)=C(O)C2=C1O[C@H](C)[C@H](C)C2=O. The molecule has 41 heavy (non-hydrogen) atoms. The van der Waals surface area contributed by atoms with Gasteiger partial charge < -0.3 is 14.9 Å². The standard InChI is InChI=1S/C35H44O6/c1-20(2)14-15-26(22(5)6)19-35(17-16-21(3)4)33(40)29(27(18-28(36)37)25-12-10-9-11-13-25)32(39)30-31(38)23(7)24(8)41-34(30)35/h9-14,16,23-24,26-27,39H,5,15,17-19H2,1-4,6-8H3,(H,36,37)/t23-,24+,26-,27-,35+/m0/s1. The molecule has 2 aliphatic rings. The number of ether oxygens (including phenoxy) is 1. The molecule has 6 heteroatoms. The molecule has 220 valence electrons. The van der Waals surface area contributed by atoms with Gasteiger partial charge in [0.15, 0.2) is 11.6 Å². The summed E-state index contributed by atoms with van der Waals surface area (Å²) >= 11 is 0. The Hall–Kier alpha value is -3.67. The second-order valence-corrected chi connectivity index (χ2v) is 12.2. The van der Waals surface area contributed by atoms with Crippen LogP contribution in [-0.2, 0) is 19.1 Å². The molecule has 0 radical (unpaired) electrons. The first-order chi connectivity index (χ1) is 19.2. The molecule has 1 heterocycles. The fraction of sp³-hybridized carbons (Fsp3) is 0.457. The molecule has 0 saturated heterocycles. The molecule has 0 amide bonds. The number of ketones is 2. The molecule has 1 aliphatic heterocycles. The molecule has 0 saturated carbocycles. The highest BCUT2D eigenvalue weighted by atomic mass is 16.5. The van der Waals surface area contributed by atoms with Crippen LogP contribution >= 0.6 is 0 Å². The number of carbonyl (C=O) groups excluding carboxylic acids is 2. The lowest BCUT2D eigenvalue weighted by molar-refractivity contribution is -0.137. The maximum atomic E-state index is 15.0. The van der Waals surface area contributed by atoms with Gasteiger partial charge >= 0.3 is 5.97 Å². The second-order valence-electron chi connectivity index (χ2n) is 12.2. The minimum absolute atomic E-state index is 0.00126. The zero-order valence-corrected chi connectivity index (χ0v) is 25.4. The lowest BCUT2D eigenvalue weighted by Crippen LogP contribution is -2.48. The number of Topliss-reactive ketones (excluding diaryl/α,β-unsaturated/α-hetero) is 2. The molecule has 0 aromatic heterocycles. The van der Waals surface area contributed by atoms with Gasteiger partial charge in [-0.05, 0) is 72.3 Å². The van der Waals surface area contributed by atoms with E-state index >= 15 is 4.79 Å². The van der Waals surface area contributed by atoms with Crippen molar-refractivity contribution in [3.8, 4) is 0 Å². The van der Waals surface area contributed by atoms with Gasteiger partial charge in [-0.3, -0.25) is 14.4 Å². The number of aliphatic hydroxyl groups is 1. The third-order valence-electron chi connectivity index (χ3n) is 8.39. The average molecular weight is 561 g/mol. The fourth-order valence-corrected chi connectivity index (χ4v) is 5.74. The van der Waals surface area contributed by atoms with E-state index < -0.39 is 47.3 Å². The van der Waals surface area contributed by atoms with E-state index in [0.717, 1.165) is 16.7 Å². The fourth-order valence-electron chi connectivity index (χ4n) is 5.74. The van der Waals surface area contributed by atoms with Gasteiger partial charge in [-0.2, -0.15) is 0 Å². The van der Waals surface area contributed by atoms with Crippen LogP contribution in [0.1, 0.15) is 85.6 Å². The number of hydrogen-bond acceptors (Lipinski definition) is 5. The number of aliphatic hydroxyl groups excluding tert-OH is 1. The zero-order valence-electron chi connectivity index (χ0n) is 25.4. The smallest absolute Gasteiger partial charge is 0.304 e. The molecule has 5 atom stereocenters. The van der Waals surface area contributed by atoms with E-state index in [2.05, 4.69) is 12.7 Å². The highest BCUT2D eigenvalue weighted by molar-refractivity contribution is 6.13. The number of aliphatic carboxylic acids is 1. The van der Waals surface area contributed by atoms with Crippen LogP contribution in [0.15, 0.2) is 88.4 Å². The summed E-state index contributed by atoms with van der Waals surface area (Å²) in [4.78, 5) is 41.0. The van der Waals surface area contributed by atoms with Gasteiger partial charge in [0.2, 0.25) is 0 Å². The van der Waals surface area contributed by atoms with E-state index in [9.17, 15) is 19.8 Å². The quantitative estimate of drug-likeness (QED) is 0.268. The summed E-state index contributed by atoms with van der Waals surface area (Å²) in [6.45, 7) is 17.6. The van der Waals surface area contributed by atoms with Crippen LogP contribution in [-0.4, -0.2) is 33.9 Å². The number of rotatable bonds is 11. The number of carboxylic acid groups (broad SMARTS) is 1. The van der Waals surface area contributed by atoms with Crippen molar-refractivity contribution in [2.45, 2.75) is 86.2 Å². The predicted octanol–water partition coefficient (Wildman–Crippen LogP) is 7.80. The maximum Gasteiger partial charge on any atom is 0.304 e. The Morgan fingerprint density at radius 2 is 1.66 bits per heavy atom. The number of benzene rings is 1. The normalized spacial score (nSPS) is 23.8. The van der Waals surface area contributed by atoms with Crippen molar-refractivity contribution in [1.82, 2.24) is 0 Å². The maximum absolute atomic E-state index is 15.0. The summed E-state index contributed by atoms with van der Waals surface area (Å²) in [5.74, 6) is -3.72. The first kappa shape index (κ1) is 31.9. The summed E-state index contributed by atoms with van der Waals surface area (Å²) in [6, 6.07) is 8.84. The molecule has 1 aromatic rings. The number of carbonyl (C=O) groups is 3. The van der Waals surface area contributed by atoms with Crippen LogP contribution in [0.4, 0.5) is 0 Å². The first-order valence-electron chi connectivity index (χ1n) is 14.3. The second kappa shape index (κ2) is 12.9. The van der Waals surface area contributed by atoms with E-state index in [4.69, 9.17) is 4.74 Å². The summed E-state index contributed by atoms with van der Waals surface area (Å²) in [6.07, 6.45) is 4.34. The van der Waals surface area contributed by atoms with Gasteiger partial charge in [0, 0.05) is 11.5 Å². The molecule has 0 unspecified atom stereocenters. The van der Waals surface area contributed by atoms with Crippen molar-refractivity contribution in [3.05, 3.63) is 94.0 Å². The Morgan fingerprint density at radius 3 is 2.20 bits per heavy atom. The van der Waals surface area contributed by atoms with Gasteiger partial charge in [-0.25, -0.2) is 0 Å². The topological polar surface area (TPSA) is 101 Å². The van der Waals surface area contributed by atoms with Crippen LogP contribution in [0, 0.1) is 17.3 Å². The molecule has 1 aromatic carbocycles. The molecule has 6 nitrogen and oxygen atoms in total. The molecule has 2 N–H and O–H groups in total. The number of carboxylic acids is 1. The van der Waals surface area contributed by atoms with E-state index in [0.29, 0.717) is 18.4 Å². The van der Waals surface area contributed by atoms with Crippen molar-refractivity contribution >= 4 is 17.5 Å². The van der Waals surface area contributed by atoms with Crippen LogP contribution in [0.25, 0.3) is 0 Å². The van der Waals surface area contributed by atoms with Crippen molar-refractivity contribution in [3.63, 3.8) is 0 Å². The molecular weight excluding hydrogens is 516 g/mol. The zero-order chi connectivity index (χ0) is 30.6. The predicted molar refractivity (Wildman–Crippen MR) is 161 cm³/mol. The van der Waals surface area contributed by atoms with Crippen molar-refractivity contribution in [2.75, 3.05) is 0 Å². The van der Waals surface area contributed by atoms with Crippen molar-refractivity contribution in [1.29, 1.82) is 0 Å². The molecule has 3 rings (SSSR count). The van der Waals surface area contributed by atoms with E-state index in [-0.39, 0.29) is 35.0 Å². The van der Waals surface area contributed by atoms with Gasteiger partial charge in [0.05, 0.1) is 23.3 Å². The third kappa shape index (κ3) is 6.64. The summed E-state index contributed by atoms with van der Waals surface area (Å²) in [5.41, 5.74) is 2.23. The Balaban J connectivity index is 2.41. The summed E-state index contributed by atoms with van der Waals surface area (Å²) in [7, 11) is 0. The van der Waals surface area contributed by atoms with E-state index in [1.807, 2.05) is 40.7 Å². The molecule has 0 bridgehead atoms. The molecule has 1 aliphatic carbocycles. The first-order valence-corrected chi connectivity index (χ1v) is 14.3. The highest BCUT2D eigenvalue weighted by Crippen LogP contribution is 2.54. The monoisotopic (exact) mass is 560 g/mol. The van der Waals surface area contributed by atoms with E-state index in [1.54, 1.807) is 44.2 Å². The largest absolute Gasteiger partial charge is 0.507 e. The van der Waals surface area contributed by atoms with Gasteiger partial charge in [-0.1, -0.05) is 72.7 Å². The number of hydrogen-bond donors (Lipinski definition) is 2. The van der Waals surface area contributed by atoms with Crippen LogP contribution < -0.4 is 0 Å². The number of allylic oxidation sites excluding steroid dienone is 8. The lowest BCUT2D eigenvalue weighted by atomic mass is 9.61. The highest BCUT2D eigenvalue weighted by Gasteiger charge is 2.56. The van der Waals surface area contributed by atoms with Gasteiger partial charge in [0.25, 0.3) is 0 Å². The minimum Gasteiger partial charge on any atom is -0.507 e. The Kier molecular flexibility index (Phi) is 10.0. The van der Waals surface area contributed by atoms with Crippen molar-refractivity contribution in [2.24, 2.45) is 17.3 Å². The molecular formula is C35H44O6. The van der Waals surface area contributed by atoms with Gasteiger partial charge in [0.1, 0.15) is 17.6 Å². The summed E-state index contributed by atoms with van der Waals surface area (Å²) < 4.78 is 6.44. The van der Waals surface area contributed by atoms with Crippen LogP contribution in [0.3, 0.4) is 0 Å². The van der Waals surface area contributed by atoms with Gasteiger partial charge in [-0.15, -0.1) is 0 Å². The Bertz CT molecular complexity index is 1330. The van der Waals surface area contributed by atoms with Crippen LogP contribution in [0.2, 0.25) is 0 Å². The Labute approximate surface area is 244 Å².